The highest BCUT2D eigenvalue weighted by molar-refractivity contribution is 9.10. The van der Waals surface area contributed by atoms with E-state index in [1.807, 2.05) is 26.0 Å². The normalized spacial score (nSPS) is 11.6. The van der Waals surface area contributed by atoms with E-state index >= 15 is 0 Å². The van der Waals surface area contributed by atoms with Crippen LogP contribution in [-0.2, 0) is 0 Å². The average molecular weight is 435 g/mol. The molecule has 0 saturated heterocycles. The Morgan fingerprint density at radius 1 is 1.27 bits per heavy atom. The van der Waals surface area contributed by atoms with Crippen molar-refractivity contribution in [2.45, 2.75) is 26.9 Å². The van der Waals surface area contributed by atoms with Crippen molar-refractivity contribution in [1.29, 1.82) is 0 Å². The molecule has 5 nitrogen and oxygen atoms in total. The van der Waals surface area contributed by atoms with Crippen LogP contribution in [0.5, 0.6) is 5.75 Å². The molecule has 0 amide bonds. The number of aromatic nitrogens is 2. The number of hydrogen-bond acceptors (Lipinski definition) is 4. The van der Waals surface area contributed by atoms with Crippen molar-refractivity contribution in [2.24, 2.45) is 5.10 Å². The van der Waals surface area contributed by atoms with Crippen molar-refractivity contribution in [1.82, 2.24) is 9.66 Å². The maximum atomic E-state index is 12.7. The third-order valence-corrected chi connectivity index (χ3v) is 4.40. The lowest BCUT2D eigenvalue weighted by atomic mass is 10.2. The molecule has 3 aromatic rings. The molecule has 0 aliphatic rings. The van der Waals surface area contributed by atoms with Crippen LogP contribution in [0.3, 0.4) is 0 Å². The van der Waals surface area contributed by atoms with Crippen LogP contribution in [0, 0.1) is 6.92 Å². The Morgan fingerprint density at radius 2 is 2.04 bits per heavy atom. The van der Waals surface area contributed by atoms with Gasteiger partial charge in [0.2, 0.25) is 0 Å². The molecule has 0 saturated carbocycles. The van der Waals surface area contributed by atoms with E-state index in [1.54, 1.807) is 37.4 Å². The van der Waals surface area contributed by atoms with Crippen molar-refractivity contribution in [2.75, 3.05) is 0 Å². The van der Waals surface area contributed by atoms with E-state index in [1.165, 1.54) is 4.68 Å². The highest BCUT2D eigenvalue weighted by Gasteiger charge is 2.08. The van der Waals surface area contributed by atoms with E-state index in [0.29, 0.717) is 27.5 Å². The smallest absolute Gasteiger partial charge is 0.282 e. The fourth-order valence-corrected chi connectivity index (χ4v) is 3.06. The summed E-state index contributed by atoms with van der Waals surface area (Å²) in [5, 5.41) is 5.28. The second kappa shape index (κ2) is 7.60. The minimum atomic E-state index is -0.226. The van der Waals surface area contributed by atoms with Gasteiger partial charge in [-0.3, -0.25) is 4.79 Å². The van der Waals surface area contributed by atoms with E-state index in [2.05, 4.69) is 26.0 Å². The lowest BCUT2D eigenvalue weighted by Crippen LogP contribution is -2.20. The molecule has 0 N–H and O–H groups in total. The molecule has 3 rings (SSSR count). The van der Waals surface area contributed by atoms with Crippen molar-refractivity contribution >= 4 is 44.6 Å². The topological polar surface area (TPSA) is 56.5 Å². The van der Waals surface area contributed by atoms with Crippen molar-refractivity contribution in [3.05, 3.63) is 67.6 Å². The van der Waals surface area contributed by atoms with E-state index in [9.17, 15) is 4.79 Å². The Kier molecular flexibility index (Phi) is 5.44. The number of hydrogen-bond donors (Lipinski definition) is 0. The van der Waals surface area contributed by atoms with Crippen molar-refractivity contribution in [3.63, 3.8) is 0 Å². The van der Waals surface area contributed by atoms with E-state index in [0.717, 1.165) is 10.0 Å². The third kappa shape index (κ3) is 3.97. The van der Waals surface area contributed by atoms with E-state index in [4.69, 9.17) is 16.3 Å². The Balaban J connectivity index is 1.98. The Morgan fingerprint density at radius 3 is 2.73 bits per heavy atom. The molecule has 0 atom stereocenters. The van der Waals surface area contributed by atoms with Gasteiger partial charge in [0, 0.05) is 4.47 Å². The number of ether oxygens (including phenoxy) is 1. The summed E-state index contributed by atoms with van der Waals surface area (Å²) >= 11 is 9.62. The molecule has 1 heterocycles. The van der Waals surface area contributed by atoms with Gasteiger partial charge in [-0.15, -0.1) is 0 Å². The minimum absolute atomic E-state index is 0.0382. The maximum absolute atomic E-state index is 12.7. The molecule has 0 fully saturated rings. The number of aryl methyl sites for hydroxylation is 1. The van der Waals surface area contributed by atoms with Crippen molar-refractivity contribution < 1.29 is 4.74 Å². The molecule has 1 aromatic heterocycles. The molecule has 0 unspecified atom stereocenters. The van der Waals surface area contributed by atoms with Gasteiger partial charge in [0.1, 0.15) is 11.6 Å². The van der Waals surface area contributed by atoms with Crippen LogP contribution < -0.4 is 10.3 Å². The first-order valence-electron chi connectivity index (χ1n) is 8.04. The highest BCUT2D eigenvalue weighted by atomic mass is 79.9. The first kappa shape index (κ1) is 18.6. The second-order valence-electron chi connectivity index (χ2n) is 6.04. The lowest BCUT2D eigenvalue weighted by molar-refractivity contribution is 0.242. The SMILES string of the molecule is Cc1nc2ccc(Br)cc2c(=O)n1N=Cc1ccc(OC(C)C)c(Cl)c1. The fourth-order valence-electron chi connectivity index (χ4n) is 2.47. The monoisotopic (exact) mass is 433 g/mol. The molecule has 7 heteroatoms. The van der Waals surface area contributed by atoms with E-state index < -0.39 is 0 Å². The zero-order chi connectivity index (χ0) is 18.8. The van der Waals surface area contributed by atoms with Gasteiger partial charge in [-0.25, -0.2) is 4.98 Å². The van der Waals surface area contributed by atoms with Gasteiger partial charge < -0.3 is 4.74 Å². The molecule has 0 bridgehead atoms. The first-order chi connectivity index (χ1) is 12.3. The second-order valence-corrected chi connectivity index (χ2v) is 7.36. The molecule has 134 valence electrons. The number of halogens is 2. The van der Waals surface area contributed by atoms with Crippen LogP contribution in [-0.4, -0.2) is 22.0 Å². The van der Waals surface area contributed by atoms with Crippen LogP contribution in [0.25, 0.3) is 10.9 Å². The standard InChI is InChI=1S/C19H17BrClN3O2/c1-11(2)26-18-7-4-13(8-16(18)21)10-22-24-12(3)23-17-6-5-14(20)9-15(17)19(24)25/h4-11H,1-3H3. The molecule has 0 aliphatic heterocycles. The van der Waals surface area contributed by atoms with Crippen LogP contribution >= 0.6 is 27.5 Å². The van der Waals surface area contributed by atoms with Gasteiger partial charge in [-0.2, -0.15) is 9.78 Å². The zero-order valence-corrected chi connectivity index (χ0v) is 16.9. The van der Waals surface area contributed by atoms with Crippen LogP contribution in [0.1, 0.15) is 25.2 Å². The van der Waals surface area contributed by atoms with Crippen LogP contribution in [0.4, 0.5) is 0 Å². The van der Waals surface area contributed by atoms with Gasteiger partial charge in [0.15, 0.2) is 0 Å². The summed E-state index contributed by atoms with van der Waals surface area (Å²) in [5.41, 5.74) is 1.17. The Hall–Kier alpha value is -2.18. The number of benzene rings is 2. The lowest BCUT2D eigenvalue weighted by Gasteiger charge is -2.11. The van der Waals surface area contributed by atoms with Crippen molar-refractivity contribution in [3.8, 4) is 5.75 Å². The molecule has 2 aromatic carbocycles. The molecular formula is C19H17BrClN3O2. The number of fused-ring (bicyclic) bond motifs is 1. The maximum Gasteiger partial charge on any atom is 0.282 e. The molecule has 26 heavy (non-hydrogen) atoms. The summed E-state index contributed by atoms with van der Waals surface area (Å²) in [6.45, 7) is 5.62. The first-order valence-corrected chi connectivity index (χ1v) is 9.21. The van der Waals surface area contributed by atoms with Gasteiger partial charge in [-0.05, 0) is 62.7 Å². The van der Waals surface area contributed by atoms with Crippen LogP contribution in [0.2, 0.25) is 5.02 Å². The molecule has 0 aliphatic carbocycles. The number of nitrogens with zero attached hydrogens (tertiary/aromatic N) is 3. The molecule has 0 spiro atoms. The summed E-state index contributed by atoms with van der Waals surface area (Å²) in [5.74, 6) is 1.12. The summed E-state index contributed by atoms with van der Waals surface area (Å²) in [4.78, 5) is 17.1. The summed E-state index contributed by atoms with van der Waals surface area (Å²) in [6, 6.07) is 10.8. The zero-order valence-electron chi connectivity index (χ0n) is 14.5. The summed E-state index contributed by atoms with van der Waals surface area (Å²) in [6.07, 6.45) is 1.61. The fraction of sp³-hybridized carbons (Fsp3) is 0.211. The molecule has 0 radical (unpaired) electrons. The highest BCUT2D eigenvalue weighted by Crippen LogP contribution is 2.26. The molecular weight excluding hydrogens is 418 g/mol. The quantitative estimate of drug-likeness (QED) is 0.555. The largest absolute Gasteiger partial charge is 0.489 e. The predicted molar refractivity (Wildman–Crippen MR) is 109 cm³/mol. The summed E-state index contributed by atoms with van der Waals surface area (Å²) < 4.78 is 7.71. The summed E-state index contributed by atoms with van der Waals surface area (Å²) in [7, 11) is 0. The van der Waals surface area contributed by atoms with Gasteiger partial charge in [-0.1, -0.05) is 27.5 Å². The van der Waals surface area contributed by atoms with Gasteiger partial charge in [0.25, 0.3) is 5.56 Å². The van der Waals surface area contributed by atoms with Gasteiger partial charge in [0.05, 0.1) is 28.2 Å². The van der Waals surface area contributed by atoms with Gasteiger partial charge >= 0.3 is 0 Å². The Labute approximate surface area is 164 Å². The average Bonchev–Trinajstić information content (AvgIpc) is 2.57. The van der Waals surface area contributed by atoms with E-state index in [-0.39, 0.29) is 11.7 Å². The number of rotatable bonds is 4. The Bertz CT molecular complexity index is 1060. The van der Waals surface area contributed by atoms with Crippen LogP contribution in [0.15, 0.2) is 50.8 Å². The third-order valence-electron chi connectivity index (χ3n) is 3.61. The minimum Gasteiger partial charge on any atom is -0.489 e. The predicted octanol–water partition coefficient (Wildman–Crippen LogP) is 4.79.